The van der Waals surface area contributed by atoms with Crippen LogP contribution in [0.3, 0.4) is 0 Å². The monoisotopic (exact) mass is 350 g/mol. The molecule has 3 aromatic rings. The van der Waals surface area contributed by atoms with Crippen LogP contribution in [0.1, 0.15) is 25.3 Å². The predicted octanol–water partition coefficient (Wildman–Crippen LogP) is 3.43. The first-order chi connectivity index (χ1) is 12.5. The summed E-state index contributed by atoms with van der Waals surface area (Å²) >= 11 is 0. The van der Waals surface area contributed by atoms with Crippen molar-refractivity contribution in [2.75, 3.05) is 0 Å². The molecule has 5 rings (SSSR count). The second kappa shape index (κ2) is 5.19. The van der Waals surface area contributed by atoms with E-state index in [1.807, 2.05) is 44.2 Å². The summed E-state index contributed by atoms with van der Waals surface area (Å²) in [4.78, 5) is 12.7. The molecule has 26 heavy (non-hydrogen) atoms. The lowest BCUT2D eigenvalue weighted by molar-refractivity contribution is -0.118. The molecule has 0 radical (unpaired) electrons. The molecule has 5 heteroatoms. The summed E-state index contributed by atoms with van der Waals surface area (Å²) in [6.07, 6.45) is -1.34. The Morgan fingerprint density at radius 1 is 1.08 bits per heavy atom. The summed E-state index contributed by atoms with van der Waals surface area (Å²) in [5.41, 5.74) is 1.14. The van der Waals surface area contributed by atoms with Gasteiger partial charge in [-0.3, -0.25) is 4.79 Å². The van der Waals surface area contributed by atoms with Crippen molar-refractivity contribution in [3.8, 4) is 17.1 Å². The number of aliphatic hydroxyl groups excluding tert-OH is 1. The van der Waals surface area contributed by atoms with Gasteiger partial charge in [-0.05, 0) is 26.0 Å². The molecule has 5 nitrogen and oxygen atoms in total. The smallest absolute Gasteiger partial charge is 0.210 e. The average Bonchev–Trinajstić information content (AvgIpc) is 3.08. The molecule has 0 bridgehead atoms. The SMILES string of the molecule is CC1(C)O[C@@H]2Oc3ccc4c(=O)cc(-c5ccccc5)oc4c3[C@@H]2[C@@H]1O. The highest BCUT2D eigenvalue weighted by Crippen LogP contribution is 2.52. The fourth-order valence-electron chi connectivity index (χ4n) is 3.92. The van der Waals surface area contributed by atoms with Gasteiger partial charge in [0.2, 0.25) is 6.29 Å². The lowest BCUT2D eigenvalue weighted by Gasteiger charge is -2.24. The van der Waals surface area contributed by atoms with E-state index < -0.39 is 23.9 Å². The number of rotatable bonds is 1. The fraction of sp³-hybridized carbons (Fsp3) is 0.286. The lowest BCUT2D eigenvalue weighted by atomic mass is 9.87. The zero-order valence-electron chi connectivity index (χ0n) is 14.4. The molecule has 0 amide bonds. The van der Waals surface area contributed by atoms with Crippen molar-refractivity contribution in [2.45, 2.75) is 37.8 Å². The number of benzene rings is 2. The summed E-state index contributed by atoms with van der Waals surface area (Å²) < 4.78 is 17.9. The van der Waals surface area contributed by atoms with Gasteiger partial charge < -0.3 is 19.0 Å². The average molecular weight is 350 g/mol. The number of ether oxygens (including phenoxy) is 2. The Morgan fingerprint density at radius 2 is 1.85 bits per heavy atom. The van der Waals surface area contributed by atoms with E-state index in [1.54, 1.807) is 12.1 Å². The Bertz CT molecular complexity index is 1070. The normalized spacial score (nSPS) is 25.7. The molecular weight excluding hydrogens is 332 g/mol. The van der Waals surface area contributed by atoms with Crippen LogP contribution in [-0.2, 0) is 4.74 Å². The fourth-order valence-corrected chi connectivity index (χ4v) is 3.92. The Balaban J connectivity index is 1.77. The van der Waals surface area contributed by atoms with Gasteiger partial charge in [0.1, 0.15) is 17.1 Å². The summed E-state index contributed by atoms with van der Waals surface area (Å²) in [7, 11) is 0. The van der Waals surface area contributed by atoms with E-state index in [2.05, 4.69) is 0 Å². The minimum Gasteiger partial charge on any atom is -0.464 e. The second-order valence-electron chi connectivity index (χ2n) is 7.37. The molecular formula is C21H18O5. The van der Waals surface area contributed by atoms with Crippen LogP contribution >= 0.6 is 0 Å². The van der Waals surface area contributed by atoms with Crippen molar-refractivity contribution in [2.24, 2.45) is 0 Å². The van der Waals surface area contributed by atoms with Crippen molar-refractivity contribution in [1.82, 2.24) is 0 Å². The van der Waals surface area contributed by atoms with Crippen LogP contribution in [-0.4, -0.2) is 23.1 Å². The molecule has 0 saturated carbocycles. The Hall–Kier alpha value is -2.63. The van der Waals surface area contributed by atoms with Crippen LogP contribution < -0.4 is 10.2 Å². The van der Waals surface area contributed by atoms with E-state index in [4.69, 9.17) is 13.9 Å². The van der Waals surface area contributed by atoms with E-state index >= 15 is 0 Å². The highest BCUT2D eigenvalue weighted by molar-refractivity contribution is 5.85. The Labute approximate surface area is 149 Å². The van der Waals surface area contributed by atoms with Gasteiger partial charge in [-0.15, -0.1) is 0 Å². The van der Waals surface area contributed by atoms with Gasteiger partial charge in [0.15, 0.2) is 5.43 Å². The van der Waals surface area contributed by atoms with Crippen molar-refractivity contribution < 1.29 is 19.0 Å². The molecule has 2 aromatic carbocycles. The first kappa shape index (κ1) is 15.6. The van der Waals surface area contributed by atoms with Gasteiger partial charge in [0.25, 0.3) is 0 Å². The Morgan fingerprint density at radius 3 is 2.62 bits per heavy atom. The topological polar surface area (TPSA) is 68.9 Å². The van der Waals surface area contributed by atoms with Crippen LogP contribution in [0.25, 0.3) is 22.3 Å². The van der Waals surface area contributed by atoms with Crippen LogP contribution in [0.15, 0.2) is 57.7 Å². The van der Waals surface area contributed by atoms with Crippen molar-refractivity contribution in [3.05, 3.63) is 64.3 Å². The molecule has 0 aliphatic carbocycles. The van der Waals surface area contributed by atoms with E-state index in [0.29, 0.717) is 28.0 Å². The van der Waals surface area contributed by atoms with E-state index in [0.717, 1.165) is 5.56 Å². The number of aliphatic hydroxyl groups is 1. The molecule has 3 atom stereocenters. The third kappa shape index (κ3) is 2.08. The van der Waals surface area contributed by atoms with Crippen molar-refractivity contribution in [3.63, 3.8) is 0 Å². The molecule has 1 N–H and O–H groups in total. The van der Waals surface area contributed by atoms with Crippen LogP contribution in [0.4, 0.5) is 0 Å². The summed E-state index contributed by atoms with van der Waals surface area (Å²) in [5.74, 6) is 0.695. The standard InChI is InChI=1S/C21H18O5/c1-21(2)19(23)17-16-14(25-20(17)26-21)9-8-12-13(22)10-15(24-18(12)16)11-6-4-3-5-7-11/h3-10,17,19-20,23H,1-2H3/t17-,19+,20+/m1/s1. The number of fused-ring (bicyclic) bond motifs is 5. The molecule has 3 heterocycles. The molecule has 0 unspecified atom stereocenters. The van der Waals surface area contributed by atoms with Gasteiger partial charge in [-0.25, -0.2) is 0 Å². The minimum absolute atomic E-state index is 0.121. The highest BCUT2D eigenvalue weighted by Gasteiger charge is 2.55. The maximum absolute atomic E-state index is 12.7. The zero-order valence-corrected chi connectivity index (χ0v) is 14.4. The molecule has 2 aliphatic heterocycles. The van der Waals surface area contributed by atoms with Gasteiger partial charge in [0.05, 0.1) is 23.0 Å². The van der Waals surface area contributed by atoms with Crippen LogP contribution in [0.2, 0.25) is 0 Å². The summed E-state index contributed by atoms with van der Waals surface area (Å²) in [5, 5.41) is 11.2. The van der Waals surface area contributed by atoms with Crippen LogP contribution in [0.5, 0.6) is 5.75 Å². The highest BCUT2D eigenvalue weighted by atomic mass is 16.7. The van der Waals surface area contributed by atoms with E-state index in [9.17, 15) is 9.90 Å². The maximum Gasteiger partial charge on any atom is 0.210 e. The second-order valence-corrected chi connectivity index (χ2v) is 7.37. The van der Waals surface area contributed by atoms with E-state index in [-0.39, 0.29) is 5.43 Å². The molecule has 1 saturated heterocycles. The molecule has 2 aliphatic rings. The van der Waals surface area contributed by atoms with Crippen molar-refractivity contribution >= 4 is 11.0 Å². The van der Waals surface area contributed by atoms with Crippen LogP contribution in [0, 0.1) is 0 Å². The van der Waals surface area contributed by atoms with E-state index in [1.165, 1.54) is 6.07 Å². The molecule has 0 spiro atoms. The third-order valence-corrected chi connectivity index (χ3v) is 5.30. The van der Waals surface area contributed by atoms with Gasteiger partial charge >= 0.3 is 0 Å². The maximum atomic E-state index is 12.7. The quantitative estimate of drug-likeness (QED) is 0.728. The predicted molar refractivity (Wildman–Crippen MR) is 96.2 cm³/mol. The Kier molecular flexibility index (Phi) is 3.12. The molecule has 132 valence electrons. The van der Waals surface area contributed by atoms with Crippen molar-refractivity contribution in [1.29, 1.82) is 0 Å². The number of hydrogen-bond acceptors (Lipinski definition) is 5. The minimum atomic E-state index is -0.759. The first-order valence-corrected chi connectivity index (χ1v) is 8.64. The van der Waals surface area contributed by atoms with Gasteiger partial charge in [-0.1, -0.05) is 30.3 Å². The largest absolute Gasteiger partial charge is 0.464 e. The molecule has 1 fully saturated rings. The third-order valence-electron chi connectivity index (χ3n) is 5.30. The molecule has 1 aromatic heterocycles. The summed E-state index contributed by atoms with van der Waals surface area (Å²) in [6.45, 7) is 3.66. The number of hydrogen-bond donors (Lipinski definition) is 1. The van der Waals surface area contributed by atoms with Gasteiger partial charge in [-0.2, -0.15) is 0 Å². The first-order valence-electron chi connectivity index (χ1n) is 8.64. The zero-order chi connectivity index (χ0) is 18.1. The van der Waals surface area contributed by atoms with Gasteiger partial charge in [0, 0.05) is 17.2 Å². The summed E-state index contributed by atoms with van der Waals surface area (Å²) in [6, 6.07) is 14.4. The lowest BCUT2D eigenvalue weighted by Crippen LogP contribution is -2.34.